The number of anilines is 2. The summed E-state index contributed by atoms with van der Waals surface area (Å²) in [6, 6.07) is 2.08. The normalized spacial score (nSPS) is 12.6. The second kappa shape index (κ2) is 6.83. The largest absolute Gasteiger partial charge is 0.391 e. The molecule has 0 aliphatic carbocycles. The summed E-state index contributed by atoms with van der Waals surface area (Å²) in [5.74, 6) is 1.40. The monoisotopic (exact) mass is 296 g/mol. The molecule has 7 heteroatoms. The molecule has 2 heterocycles. The van der Waals surface area contributed by atoms with Crippen LogP contribution in [0.5, 0.6) is 0 Å². The van der Waals surface area contributed by atoms with E-state index in [1.54, 1.807) is 25.5 Å². The zero-order valence-corrected chi connectivity index (χ0v) is 12.8. The summed E-state index contributed by atoms with van der Waals surface area (Å²) in [6.07, 6.45) is 0.148. The van der Waals surface area contributed by atoms with Gasteiger partial charge in [0.05, 0.1) is 18.1 Å². The first kappa shape index (κ1) is 15.0. The molecule has 0 spiro atoms. The fraction of sp³-hybridized carbons (Fsp3) is 0.538. The van der Waals surface area contributed by atoms with Crippen LogP contribution in [-0.2, 0) is 4.74 Å². The van der Waals surface area contributed by atoms with Crippen LogP contribution < -0.4 is 10.6 Å². The van der Waals surface area contributed by atoms with Crippen molar-refractivity contribution in [3.8, 4) is 0 Å². The predicted octanol–water partition coefficient (Wildman–Crippen LogP) is 1.85. The molecule has 6 nitrogen and oxygen atoms in total. The van der Waals surface area contributed by atoms with Gasteiger partial charge >= 0.3 is 0 Å². The number of rotatable bonds is 7. The maximum absolute atomic E-state index is 9.64. The number of ether oxygens (including phenoxy) is 1. The van der Waals surface area contributed by atoms with Crippen molar-refractivity contribution in [2.24, 2.45) is 0 Å². The van der Waals surface area contributed by atoms with E-state index in [0.29, 0.717) is 25.5 Å². The van der Waals surface area contributed by atoms with Crippen molar-refractivity contribution in [3.05, 3.63) is 10.9 Å². The molecule has 20 heavy (non-hydrogen) atoms. The third-order valence-electron chi connectivity index (χ3n) is 2.87. The van der Waals surface area contributed by atoms with Crippen molar-refractivity contribution in [2.45, 2.75) is 19.4 Å². The summed E-state index contributed by atoms with van der Waals surface area (Å²) in [7, 11) is 3.38. The Morgan fingerprint density at radius 1 is 1.45 bits per heavy atom. The molecule has 2 aromatic heterocycles. The number of aliphatic hydroxyl groups is 1. The van der Waals surface area contributed by atoms with Crippen molar-refractivity contribution in [1.29, 1.82) is 0 Å². The number of aromatic nitrogens is 2. The number of hydrogen-bond acceptors (Lipinski definition) is 7. The fourth-order valence-electron chi connectivity index (χ4n) is 1.92. The second-order valence-corrected chi connectivity index (χ2v) is 5.78. The highest BCUT2D eigenvalue weighted by Crippen LogP contribution is 2.29. The van der Waals surface area contributed by atoms with E-state index in [1.165, 1.54) is 4.88 Å². The Morgan fingerprint density at radius 3 is 2.95 bits per heavy atom. The Balaban J connectivity index is 2.11. The molecule has 2 rings (SSSR count). The van der Waals surface area contributed by atoms with E-state index < -0.39 is 6.10 Å². The van der Waals surface area contributed by atoms with E-state index in [-0.39, 0.29) is 0 Å². The zero-order valence-electron chi connectivity index (χ0n) is 11.9. The van der Waals surface area contributed by atoms with Crippen molar-refractivity contribution in [2.75, 3.05) is 37.9 Å². The number of aliphatic hydroxyl groups excluding tert-OH is 1. The van der Waals surface area contributed by atoms with Gasteiger partial charge in [0, 0.05) is 25.6 Å². The lowest BCUT2D eigenvalue weighted by Gasteiger charge is -2.11. The summed E-state index contributed by atoms with van der Waals surface area (Å²) in [4.78, 5) is 11.0. The zero-order chi connectivity index (χ0) is 14.5. The Bertz CT molecular complexity index is 573. The van der Waals surface area contributed by atoms with Gasteiger partial charge in [-0.15, -0.1) is 11.3 Å². The van der Waals surface area contributed by atoms with Gasteiger partial charge < -0.3 is 20.5 Å². The Labute approximate surface area is 122 Å². The highest BCUT2D eigenvalue weighted by atomic mass is 32.1. The number of hydrogen-bond donors (Lipinski definition) is 3. The first-order valence-corrected chi connectivity index (χ1v) is 7.32. The molecule has 2 aromatic rings. The summed E-state index contributed by atoms with van der Waals surface area (Å²) >= 11 is 1.64. The van der Waals surface area contributed by atoms with Gasteiger partial charge in [-0.3, -0.25) is 0 Å². The van der Waals surface area contributed by atoms with Crippen LogP contribution in [0.25, 0.3) is 10.2 Å². The number of nitrogens with one attached hydrogen (secondary N) is 2. The van der Waals surface area contributed by atoms with Gasteiger partial charge in [0.15, 0.2) is 0 Å². The quantitative estimate of drug-likeness (QED) is 0.723. The van der Waals surface area contributed by atoms with Gasteiger partial charge in [-0.1, -0.05) is 0 Å². The van der Waals surface area contributed by atoms with Crippen molar-refractivity contribution in [1.82, 2.24) is 9.97 Å². The van der Waals surface area contributed by atoms with Crippen LogP contribution >= 0.6 is 11.3 Å². The van der Waals surface area contributed by atoms with Crippen LogP contribution in [0.15, 0.2) is 6.07 Å². The molecule has 0 aliphatic rings. The van der Waals surface area contributed by atoms with Crippen LogP contribution in [0.3, 0.4) is 0 Å². The highest BCUT2D eigenvalue weighted by Gasteiger charge is 2.10. The van der Waals surface area contributed by atoms with Crippen LogP contribution in [0.4, 0.5) is 11.8 Å². The minimum absolute atomic E-state index is 0.347. The molecule has 0 amide bonds. The molecule has 0 saturated heterocycles. The molecule has 0 saturated carbocycles. The molecular formula is C13H20N4O2S. The number of fused-ring (bicyclic) bond motifs is 1. The van der Waals surface area contributed by atoms with Crippen molar-refractivity contribution < 1.29 is 9.84 Å². The van der Waals surface area contributed by atoms with E-state index in [4.69, 9.17) is 4.74 Å². The lowest BCUT2D eigenvalue weighted by atomic mass is 10.2. The van der Waals surface area contributed by atoms with Gasteiger partial charge in [-0.2, -0.15) is 4.98 Å². The van der Waals surface area contributed by atoms with E-state index in [2.05, 4.69) is 33.6 Å². The van der Waals surface area contributed by atoms with Crippen molar-refractivity contribution >= 4 is 33.3 Å². The maximum atomic E-state index is 9.64. The molecule has 110 valence electrons. The van der Waals surface area contributed by atoms with Gasteiger partial charge in [0.1, 0.15) is 10.6 Å². The molecular weight excluding hydrogens is 276 g/mol. The van der Waals surface area contributed by atoms with Gasteiger partial charge in [0.25, 0.3) is 0 Å². The fourth-order valence-corrected chi connectivity index (χ4v) is 2.80. The van der Waals surface area contributed by atoms with Gasteiger partial charge in [0.2, 0.25) is 5.95 Å². The van der Waals surface area contributed by atoms with Crippen LogP contribution in [-0.4, -0.2) is 48.5 Å². The Morgan fingerprint density at radius 2 is 2.25 bits per heavy atom. The molecule has 1 unspecified atom stereocenters. The van der Waals surface area contributed by atoms with Crippen molar-refractivity contribution in [3.63, 3.8) is 0 Å². The topological polar surface area (TPSA) is 79.3 Å². The lowest BCUT2D eigenvalue weighted by molar-refractivity contribution is 0.0615. The van der Waals surface area contributed by atoms with E-state index in [9.17, 15) is 5.11 Å². The van der Waals surface area contributed by atoms with E-state index in [1.807, 2.05) is 0 Å². The predicted molar refractivity (Wildman–Crippen MR) is 82.7 cm³/mol. The molecule has 0 aliphatic heterocycles. The summed E-state index contributed by atoms with van der Waals surface area (Å²) < 4.78 is 4.90. The van der Waals surface area contributed by atoms with Gasteiger partial charge in [-0.05, 0) is 19.4 Å². The first-order valence-electron chi connectivity index (χ1n) is 6.51. The Hall–Kier alpha value is -1.44. The molecule has 3 N–H and O–H groups in total. The standard InChI is InChI=1S/C13H20N4O2S/c1-8-6-10-11(15-5-4-9(18)7-19-3)16-13(14-2)17-12(10)20-8/h6,9,18H,4-5,7H2,1-3H3,(H2,14,15,16,17). The SMILES string of the molecule is CNc1nc(NCCC(O)COC)c2cc(C)sc2n1. The molecule has 1 atom stereocenters. The van der Waals surface area contributed by atoms with Gasteiger partial charge in [-0.25, -0.2) is 4.98 Å². The summed E-state index contributed by atoms with van der Waals surface area (Å²) in [5.41, 5.74) is 0. The maximum Gasteiger partial charge on any atom is 0.225 e. The molecule has 0 aromatic carbocycles. The average Bonchev–Trinajstić information content (AvgIpc) is 2.79. The third-order valence-corrected chi connectivity index (χ3v) is 3.81. The lowest BCUT2D eigenvalue weighted by Crippen LogP contribution is -2.18. The number of methoxy groups -OCH3 is 1. The minimum atomic E-state index is -0.460. The molecule has 0 fully saturated rings. The summed E-state index contributed by atoms with van der Waals surface area (Å²) in [6.45, 7) is 3.03. The average molecular weight is 296 g/mol. The van der Waals surface area contributed by atoms with Crippen LogP contribution in [0.2, 0.25) is 0 Å². The number of nitrogens with zero attached hydrogens (tertiary/aromatic N) is 2. The molecule has 0 bridgehead atoms. The molecule has 0 radical (unpaired) electrons. The van der Waals surface area contributed by atoms with E-state index in [0.717, 1.165) is 16.0 Å². The van der Waals surface area contributed by atoms with Crippen LogP contribution in [0, 0.1) is 6.92 Å². The minimum Gasteiger partial charge on any atom is -0.391 e. The second-order valence-electron chi connectivity index (χ2n) is 4.55. The van der Waals surface area contributed by atoms with Crippen LogP contribution in [0.1, 0.15) is 11.3 Å². The number of aryl methyl sites for hydroxylation is 1. The first-order chi connectivity index (χ1) is 9.63. The summed E-state index contributed by atoms with van der Waals surface area (Å²) in [5, 5.41) is 16.9. The number of thiophene rings is 1. The highest BCUT2D eigenvalue weighted by molar-refractivity contribution is 7.18. The van der Waals surface area contributed by atoms with E-state index >= 15 is 0 Å². The Kier molecular flexibility index (Phi) is 5.11. The smallest absolute Gasteiger partial charge is 0.225 e. The third kappa shape index (κ3) is 3.56.